The van der Waals surface area contributed by atoms with E-state index in [9.17, 15) is 9.90 Å². The van der Waals surface area contributed by atoms with Crippen molar-refractivity contribution in [3.63, 3.8) is 0 Å². The summed E-state index contributed by atoms with van der Waals surface area (Å²) in [5, 5.41) is 11.6. The van der Waals surface area contributed by atoms with Gasteiger partial charge in [0.05, 0.1) is 0 Å². The zero-order chi connectivity index (χ0) is 16.2. The predicted molar refractivity (Wildman–Crippen MR) is 86.7 cm³/mol. The molecule has 1 fully saturated rings. The van der Waals surface area contributed by atoms with Crippen LogP contribution in [0.1, 0.15) is 55.2 Å². The molecule has 1 aliphatic carbocycles. The number of hydrogen-bond donors (Lipinski definition) is 1. The molecule has 0 aliphatic heterocycles. The Morgan fingerprint density at radius 3 is 2.74 bits per heavy atom. The van der Waals surface area contributed by atoms with E-state index in [2.05, 4.69) is 9.55 Å². The van der Waals surface area contributed by atoms with Crippen molar-refractivity contribution >= 4 is 11.8 Å². The summed E-state index contributed by atoms with van der Waals surface area (Å²) in [6.07, 6.45) is 12.1. The van der Waals surface area contributed by atoms with Crippen molar-refractivity contribution in [3.8, 4) is 0 Å². The first-order chi connectivity index (χ1) is 11.1. The maximum Gasteiger partial charge on any atom is 0.123 e. The molecule has 0 aromatic carbocycles. The molecule has 1 atom stereocenters. The number of nitrogen functional groups attached to an aromatic ring is 1. The number of aromatic nitrogens is 2. The van der Waals surface area contributed by atoms with Gasteiger partial charge in [-0.1, -0.05) is 25.3 Å². The third kappa shape index (κ3) is 3.73. The second-order valence-electron chi connectivity index (χ2n) is 6.35. The number of carbonyl (C=O) groups excluding carboxylic acids is 1. The van der Waals surface area contributed by atoms with Crippen LogP contribution in [-0.2, 0) is 11.2 Å². The van der Waals surface area contributed by atoms with Gasteiger partial charge in [0.15, 0.2) is 0 Å². The summed E-state index contributed by atoms with van der Waals surface area (Å²) < 4.78 is 2.17. The summed E-state index contributed by atoms with van der Waals surface area (Å²) in [6, 6.07) is 5.91. The number of carbonyl (C=O) groups is 1. The van der Waals surface area contributed by atoms with Crippen molar-refractivity contribution in [1.82, 2.24) is 9.55 Å². The first kappa shape index (κ1) is 15.6. The predicted octanol–water partition coefficient (Wildman–Crippen LogP) is 2.05. The van der Waals surface area contributed by atoms with Gasteiger partial charge in [0.25, 0.3) is 0 Å². The van der Waals surface area contributed by atoms with E-state index in [1.807, 2.05) is 24.5 Å². The van der Waals surface area contributed by atoms with Gasteiger partial charge in [0, 0.05) is 36.5 Å². The van der Waals surface area contributed by atoms with E-state index in [-0.39, 0.29) is 0 Å². The van der Waals surface area contributed by atoms with Crippen molar-refractivity contribution in [2.75, 3.05) is 5.73 Å². The maximum atomic E-state index is 11.6. The van der Waals surface area contributed by atoms with Crippen molar-refractivity contribution in [2.24, 2.45) is 0 Å². The van der Waals surface area contributed by atoms with E-state index < -0.39 is 11.9 Å². The molecule has 122 valence electrons. The Morgan fingerprint density at radius 2 is 2.09 bits per heavy atom. The Labute approximate surface area is 136 Å². The molecule has 5 heteroatoms. The van der Waals surface area contributed by atoms with E-state index in [4.69, 9.17) is 5.73 Å². The normalized spacial score (nSPS) is 17.0. The average molecular weight is 312 g/mol. The maximum absolute atomic E-state index is 11.6. The molecule has 5 nitrogen and oxygen atoms in total. The van der Waals surface area contributed by atoms with Gasteiger partial charge >= 0.3 is 0 Å². The molecule has 2 heterocycles. The molecule has 0 spiro atoms. The second kappa shape index (κ2) is 6.86. The standard InChI is InChI=1S/C18H23N3O2/c19-17-7-6-13(11-20-17)10-16(18(22)23)14-8-9-21(12-14)15-4-2-1-3-5-15/h6-9,11-12,15-16H,1-5,10H2,(H2,19,20)(H,22,23)/p-1/t16-/m1/s1. The van der Waals surface area contributed by atoms with Gasteiger partial charge < -0.3 is 20.2 Å². The number of carboxylic acid groups (broad SMARTS) is 1. The number of hydrogen-bond acceptors (Lipinski definition) is 4. The highest BCUT2D eigenvalue weighted by Gasteiger charge is 2.19. The van der Waals surface area contributed by atoms with Crippen molar-refractivity contribution in [1.29, 1.82) is 0 Å². The summed E-state index contributed by atoms with van der Waals surface area (Å²) in [5.74, 6) is -1.28. The van der Waals surface area contributed by atoms with Gasteiger partial charge in [0.2, 0.25) is 0 Å². The molecule has 0 saturated heterocycles. The quantitative estimate of drug-likeness (QED) is 0.915. The van der Waals surface area contributed by atoms with E-state index in [0.29, 0.717) is 18.3 Å². The highest BCUT2D eigenvalue weighted by Crippen LogP contribution is 2.30. The lowest BCUT2D eigenvalue weighted by Crippen LogP contribution is -2.31. The first-order valence-electron chi connectivity index (χ1n) is 8.22. The van der Waals surface area contributed by atoms with Crippen LogP contribution >= 0.6 is 0 Å². The third-order valence-electron chi connectivity index (χ3n) is 4.71. The van der Waals surface area contributed by atoms with Crippen LogP contribution in [0.4, 0.5) is 5.82 Å². The average Bonchev–Trinajstić information content (AvgIpc) is 3.04. The summed E-state index contributed by atoms with van der Waals surface area (Å²) in [7, 11) is 0. The van der Waals surface area contributed by atoms with E-state index in [1.165, 1.54) is 32.1 Å². The molecule has 0 radical (unpaired) electrons. The molecule has 3 rings (SSSR count). The Balaban J connectivity index is 1.77. The molecule has 0 bridgehead atoms. The number of rotatable bonds is 5. The number of anilines is 1. The van der Waals surface area contributed by atoms with Gasteiger partial charge in [-0.2, -0.15) is 0 Å². The molecular weight excluding hydrogens is 290 g/mol. The molecule has 0 unspecified atom stereocenters. The lowest BCUT2D eigenvalue weighted by Gasteiger charge is -2.23. The molecule has 0 amide bonds. The summed E-state index contributed by atoms with van der Waals surface area (Å²) in [4.78, 5) is 15.6. The number of carboxylic acids is 1. The third-order valence-corrected chi connectivity index (χ3v) is 4.71. The Morgan fingerprint density at radius 1 is 1.30 bits per heavy atom. The summed E-state index contributed by atoms with van der Waals surface area (Å²) in [5.41, 5.74) is 7.22. The largest absolute Gasteiger partial charge is 0.549 e. The number of nitrogens with two attached hydrogens (primary N) is 1. The van der Waals surface area contributed by atoms with E-state index in [1.54, 1.807) is 12.3 Å². The van der Waals surface area contributed by atoms with E-state index in [0.717, 1.165) is 11.1 Å². The van der Waals surface area contributed by atoms with Gasteiger partial charge in [-0.15, -0.1) is 0 Å². The van der Waals surface area contributed by atoms with Crippen molar-refractivity contribution < 1.29 is 9.90 Å². The van der Waals surface area contributed by atoms with Crippen LogP contribution in [0.2, 0.25) is 0 Å². The van der Waals surface area contributed by atoms with Gasteiger partial charge in [-0.25, -0.2) is 4.98 Å². The number of pyridine rings is 1. The Hall–Kier alpha value is -2.30. The lowest BCUT2D eigenvalue weighted by molar-refractivity contribution is -0.308. The summed E-state index contributed by atoms with van der Waals surface area (Å²) in [6.45, 7) is 0. The van der Waals surface area contributed by atoms with Crippen LogP contribution in [0.15, 0.2) is 36.8 Å². The minimum absolute atomic E-state index is 0.365. The van der Waals surface area contributed by atoms with E-state index >= 15 is 0 Å². The zero-order valence-corrected chi connectivity index (χ0v) is 13.1. The highest BCUT2D eigenvalue weighted by molar-refractivity contribution is 5.74. The molecule has 2 aromatic rings. The van der Waals surface area contributed by atoms with Gasteiger partial charge in [-0.3, -0.25) is 0 Å². The highest BCUT2D eigenvalue weighted by atomic mass is 16.4. The van der Waals surface area contributed by atoms with Crippen LogP contribution in [0, 0.1) is 0 Å². The molecule has 2 aromatic heterocycles. The van der Waals surface area contributed by atoms with Gasteiger partial charge in [-0.05, 0) is 42.5 Å². The second-order valence-corrected chi connectivity index (χ2v) is 6.35. The zero-order valence-electron chi connectivity index (χ0n) is 13.1. The van der Waals surface area contributed by atoms with Crippen molar-refractivity contribution in [3.05, 3.63) is 47.9 Å². The van der Waals surface area contributed by atoms with Crippen LogP contribution in [0.25, 0.3) is 0 Å². The van der Waals surface area contributed by atoms with Gasteiger partial charge in [0.1, 0.15) is 5.82 Å². The Kier molecular flexibility index (Phi) is 4.65. The molecule has 1 aliphatic rings. The lowest BCUT2D eigenvalue weighted by atomic mass is 9.94. The fourth-order valence-electron chi connectivity index (χ4n) is 3.37. The summed E-state index contributed by atoms with van der Waals surface area (Å²) >= 11 is 0. The van der Waals surface area contributed by atoms with Crippen LogP contribution in [0.5, 0.6) is 0 Å². The number of nitrogens with zero attached hydrogens (tertiary/aromatic N) is 2. The molecule has 23 heavy (non-hydrogen) atoms. The fourth-order valence-corrected chi connectivity index (χ4v) is 3.37. The van der Waals surface area contributed by atoms with Crippen LogP contribution in [0.3, 0.4) is 0 Å². The monoisotopic (exact) mass is 312 g/mol. The van der Waals surface area contributed by atoms with Crippen molar-refractivity contribution in [2.45, 2.75) is 50.5 Å². The minimum atomic E-state index is -1.05. The smallest absolute Gasteiger partial charge is 0.123 e. The molecular formula is C18H22N3O2-. The fraction of sp³-hybridized carbons (Fsp3) is 0.444. The Bertz CT molecular complexity index is 657. The number of aliphatic carboxylic acids is 1. The SMILES string of the molecule is Nc1ccc(C[C@@H](C(=O)[O-])c2ccn(C3CCCCC3)c2)cn1. The molecule has 2 N–H and O–H groups in total. The topological polar surface area (TPSA) is 84.0 Å². The first-order valence-corrected chi connectivity index (χ1v) is 8.22. The van der Waals surface area contributed by atoms with Crippen LogP contribution in [-0.4, -0.2) is 15.5 Å². The minimum Gasteiger partial charge on any atom is -0.549 e. The van der Waals surface area contributed by atoms with Crippen LogP contribution < -0.4 is 10.8 Å². The molecule has 1 saturated carbocycles.